The Kier molecular flexibility index (Phi) is 6.43. The van der Waals surface area contributed by atoms with E-state index in [4.69, 9.17) is 9.26 Å². The Morgan fingerprint density at radius 1 is 1.10 bits per heavy atom. The molecule has 0 unspecified atom stereocenters. The van der Waals surface area contributed by atoms with Crippen molar-refractivity contribution in [3.8, 4) is 0 Å². The van der Waals surface area contributed by atoms with Crippen LogP contribution in [0.25, 0.3) is 11.1 Å². The van der Waals surface area contributed by atoms with Gasteiger partial charge in [-0.15, -0.1) is 0 Å². The van der Waals surface area contributed by atoms with E-state index in [-0.39, 0.29) is 18.0 Å². The zero-order chi connectivity index (χ0) is 21.8. The number of nitrogens with one attached hydrogen (secondary N) is 1. The summed E-state index contributed by atoms with van der Waals surface area (Å²) in [5, 5.41) is 7.54. The largest absolute Gasteiger partial charge is 0.461 e. The van der Waals surface area contributed by atoms with Gasteiger partial charge in [0.05, 0.1) is 6.61 Å². The molecule has 9 nitrogen and oxygen atoms in total. The maximum Gasteiger partial charge on any atom is 0.361 e. The van der Waals surface area contributed by atoms with Crippen LogP contribution in [-0.2, 0) is 11.3 Å². The molecule has 3 aromatic rings. The van der Waals surface area contributed by atoms with Crippen LogP contribution in [0.5, 0.6) is 0 Å². The molecule has 164 valence electrons. The predicted octanol–water partition coefficient (Wildman–Crippen LogP) is 2.98. The lowest BCUT2D eigenvalue weighted by Crippen LogP contribution is -2.45. The third-order valence-electron chi connectivity index (χ3n) is 5.45. The highest BCUT2D eigenvalue weighted by Crippen LogP contribution is 2.28. The number of ether oxygens (including phenoxy) is 1. The highest BCUT2D eigenvalue weighted by atomic mass is 16.5. The van der Waals surface area contributed by atoms with E-state index in [1.165, 1.54) is 5.56 Å². The van der Waals surface area contributed by atoms with Gasteiger partial charge < -0.3 is 19.5 Å². The molecule has 0 amide bonds. The number of nitrogens with zero attached hydrogens (tertiary/aromatic N) is 5. The lowest BCUT2D eigenvalue weighted by atomic mass is 10.1. The van der Waals surface area contributed by atoms with E-state index in [1.54, 1.807) is 13.8 Å². The number of hydrogen-bond acceptors (Lipinski definition) is 9. The number of carbonyl (C=O) groups is 1. The Bertz CT molecular complexity index is 1040. The minimum Gasteiger partial charge on any atom is -0.461 e. The van der Waals surface area contributed by atoms with Crippen molar-refractivity contribution in [2.45, 2.75) is 27.3 Å². The number of likely N-dealkylation sites (N-methyl/N-ethyl adjacent to an activating group) is 1. The molecular weight excluding hydrogens is 396 g/mol. The second-order valence-electron chi connectivity index (χ2n) is 7.58. The fourth-order valence-corrected chi connectivity index (χ4v) is 3.74. The molecule has 0 atom stereocenters. The van der Waals surface area contributed by atoms with Gasteiger partial charge in [0.15, 0.2) is 0 Å². The lowest BCUT2D eigenvalue weighted by molar-refractivity contribution is 0.0517. The standard InChI is InChI=1S/C22H28N6O3/c1-4-27-10-12-28(13-11-27)14-16-6-8-17(9-7-16)25-20-18-19(22(29)30-5-2)26-31-21(18)24-15(3)23-20/h6-9H,4-5,10-14H2,1-3H3,(H,23,24,25). The summed E-state index contributed by atoms with van der Waals surface area (Å²) in [6.45, 7) is 12.5. The second-order valence-corrected chi connectivity index (χ2v) is 7.58. The van der Waals surface area contributed by atoms with Gasteiger partial charge in [-0.1, -0.05) is 24.2 Å². The molecule has 0 aliphatic carbocycles. The topological polar surface area (TPSA) is 96.6 Å². The first kappa shape index (κ1) is 21.2. The van der Waals surface area contributed by atoms with E-state index < -0.39 is 5.97 Å². The number of hydrogen-bond donors (Lipinski definition) is 1. The first-order valence-electron chi connectivity index (χ1n) is 10.7. The predicted molar refractivity (Wildman–Crippen MR) is 117 cm³/mol. The summed E-state index contributed by atoms with van der Waals surface area (Å²) in [5.74, 6) is 0.426. The van der Waals surface area contributed by atoms with Crippen molar-refractivity contribution < 1.29 is 14.1 Å². The van der Waals surface area contributed by atoms with E-state index >= 15 is 0 Å². The summed E-state index contributed by atoms with van der Waals surface area (Å²) in [5.41, 5.74) is 2.44. The van der Waals surface area contributed by atoms with Gasteiger partial charge in [0.2, 0.25) is 5.69 Å². The summed E-state index contributed by atoms with van der Waals surface area (Å²) >= 11 is 0. The zero-order valence-corrected chi connectivity index (χ0v) is 18.2. The van der Waals surface area contributed by atoms with Crippen molar-refractivity contribution in [2.75, 3.05) is 44.6 Å². The molecule has 31 heavy (non-hydrogen) atoms. The van der Waals surface area contributed by atoms with E-state index in [1.807, 2.05) is 12.1 Å². The smallest absolute Gasteiger partial charge is 0.361 e. The first-order chi connectivity index (χ1) is 15.1. The van der Waals surface area contributed by atoms with Gasteiger partial charge in [0, 0.05) is 38.4 Å². The van der Waals surface area contributed by atoms with Crippen LogP contribution < -0.4 is 5.32 Å². The highest BCUT2D eigenvalue weighted by molar-refractivity contribution is 6.05. The summed E-state index contributed by atoms with van der Waals surface area (Å²) in [7, 11) is 0. The van der Waals surface area contributed by atoms with Crippen LogP contribution >= 0.6 is 0 Å². The number of benzene rings is 1. The number of esters is 1. The molecule has 1 fully saturated rings. The van der Waals surface area contributed by atoms with Crippen LogP contribution in [0.2, 0.25) is 0 Å². The van der Waals surface area contributed by atoms with Crippen molar-refractivity contribution in [1.29, 1.82) is 0 Å². The Hall–Kier alpha value is -3.04. The van der Waals surface area contributed by atoms with Crippen LogP contribution in [-0.4, -0.2) is 70.2 Å². The molecule has 1 N–H and O–H groups in total. The van der Waals surface area contributed by atoms with E-state index in [0.717, 1.165) is 45.0 Å². The van der Waals surface area contributed by atoms with Crippen molar-refractivity contribution >= 4 is 28.6 Å². The molecular formula is C22H28N6O3. The number of aromatic nitrogens is 3. The quantitative estimate of drug-likeness (QED) is 0.574. The van der Waals surface area contributed by atoms with Gasteiger partial charge in [-0.05, 0) is 38.1 Å². The average Bonchev–Trinajstić information content (AvgIpc) is 3.20. The molecule has 0 radical (unpaired) electrons. The number of rotatable bonds is 7. The number of fused-ring (bicyclic) bond motifs is 1. The number of anilines is 2. The molecule has 9 heteroatoms. The fraction of sp³-hybridized carbons (Fsp3) is 0.455. The minimum absolute atomic E-state index is 0.0715. The molecule has 1 aliphatic heterocycles. The van der Waals surface area contributed by atoms with E-state index in [2.05, 4.69) is 49.3 Å². The fourth-order valence-electron chi connectivity index (χ4n) is 3.74. The van der Waals surface area contributed by atoms with Gasteiger partial charge in [-0.2, -0.15) is 4.98 Å². The second kappa shape index (κ2) is 9.40. The van der Waals surface area contributed by atoms with Gasteiger partial charge in [0.1, 0.15) is 17.0 Å². The molecule has 4 rings (SSSR count). The van der Waals surface area contributed by atoms with Crippen molar-refractivity contribution in [2.24, 2.45) is 0 Å². The maximum atomic E-state index is 12.2. The third-order valence-corrected chi connectivity index (χ3v) is 5.45. The molecule has 3 heterocycles. The van der Waals surface area contributed by atoms with Crippen LogP contribution in [0.3, 0.4) is 0 Å². The number of aryl methyl sites for hydroxylation is 1. The molecule has 0 bridgehead atoms. The Morgan fingerprint density at radius 3 is 2.48 bits per heavy atom. The van der Waals surface area contributed by atoms with Gasteiger partial charge in [-0.3, -0.25) is 4.90 Å². The lowest BCUT2D eigenvalue weighted by Gasteiger charge is -2.34. The SMILES string of the molecule is CCOC(=O)c1noc2nc(C)nc(Nc3ccc(CN4CCN(CC)CC4)cc3)c12. The summed E-state index contributed by atoms with van der Waals surface area (Å²) < 4.78 is 10.3. The van der Waals surface area contributed by atoms with E-state index in [9.17, 15) is 4.79 Å². The van der Waals surface area contributed by atoms with Gasteiger partial charge in [-0.25, -0.2) is 9.78 Å². The van der Waals surface area contributed by atoms with Gasteiger partial charge >= 0.3 is 5.97 Å². The van der Waals surface area contributed by atoms with Crippen LogP contribution in [0.4, 0.5) is 11.5 Å². The van der Waals surface area contributed by atoms with Crippen LogP contribution in [0.15, 0.2) is 28.8 Å². The summed E-state index contributed by atoms with van der Waals surface area (Å²) in [4.78, 5) is 25.9. The Balaban J connectivity index is 1.50. The van der Waals surface area contributed by atoms with Crippen molar-refractivity contribution in [3.05, 3.63) is 41.3 Å². The molecule has 1 aromatic carbocycles. The molecule has 2 aromatic heterocycles. The maximum absolute atomic E-state index is 12.2. The highest BCUT2D eigenvalue weighted by Gasteiger charge is 2.23. The monoisotopic (exact) mass is 424 g/mol. The molecule has 0 spiro atoms. The minimum atomic E-state index is -0.560. The molecule has 1 saturated heterocycles. The first-order valence-corrected chi connectivity index (χ1v) is 10.7. The number of carbonyl (C=O) groups excluding carboxylic acids is 1. The summed E-state index contributed by atoms with van der Waals surface area (Å²) in [6, 6.07) is 8.25. The van der Waals surface area contributed by atoms with Crippen LogP contribution in [0.1, 0.15) is 35.7 Å². The molecule has 1 aliphatic rings. The van der Waals surface area contributed by atoms with Gasteiger partial charge in [0.25, 0.3) is 5.71 Å². The normalized spacial score (nSPS) is 15.3. The third kappa shape index (κ3) is 4.83. The van der Waals surface area contributed by atoms with E-state index in [0.29, 0.717) is 17.0 Å². The molecule has 0 saturated carbocycles. The number of piperazine rings is 1. The zero-order valence-electron chi connectivity index (χ0n) is 18.2. The Morgan fingerprint density at radius 2 is 1.81 bits per heavy atom. The Labute approximate surface area is 181 Å². The van der Waals surface area contributed by atoms with Crippen molar-refractivity contribution in [3.63, 3.8) is 0 Å². The van der Waals surface area contributed by atoms with Crippen molar-refractivity contribution in [1.82, 2.24) is 24.9 Å². The summed E-state index contributed by atoms with van der Waals surface area (Å²) in [6.07, 6.45) is 0. The van der Waals surface area contributed by atoms with Crippen LogP contribution in [0, 0.1) is 6.92 Å². The average molecular weight is 425 g/mol.